The standard InChI is InChI=1S/C14H24N2O3/c1-2-8-12(13(17)18)16-14(19)15-11-9-6-4-3-5-7-10-11/h2,11-12H,1,3-10H2,(H,17,18)(H2,15,16,19). The zero-order chi connectivity index (χ0) is 14.1. The lowest BCUT2D eigenvalue weighted by molar-refractivity contribution is -0.139. The number of carboxylic acid groups (broad SMARTS) is 1. The second kappa shape index (κ2) is 8.56. The molecule has 0 radical (unpaired) electrons. The van der Waals surface area contributed by atoms with Gasteiger partial charge in [-0.2, -0.15) is 0 Å². The molecule has 0 aliphatic heterocycles. The molecule has 0 bridgehead atoms. The van der Waals surface area contributed by atoms with E-state index in [9.17, 15) is 9.59 Å². The monoisotopic (exact) mass is 268 g/mol. The van der Waals surface area contributed by atoms with Gasteiger partial charge in [-0.05, 0) is 19.3 Å². The molecular formula is C14H24N2O3. The number of hydrogen-bond acceptors (Lipinski definition) is 2. The first-order chi connectivity index (χ1) is 9.13. The summed E-state index contributed by atoms with van der Waals surface area (Å²) in [6.45, 7) is 3.49. The minimum absolute atomic E-state index is 0.165. The first kappa shape index (κ1) is 15.5. The maximum atomic E-state index is 11.8. The van der Waals surface area contributed by atoms with E-state index in [1.54, 1.807) is 0 Å². The molecule has 0 aromatic rings. The molecule has 1 aliphatic rings. The third kappa shape index (κ3) is 6.27. The van der Waals surface area contributed by atoms with Crippen molar-refractivity contribution in [2.24, 2.45) is 0 Å². The molecule has 108 valence electrons. The fraction of sp³-hybridized carbons (Fsp3) is 0.714. The zero-order valence-corrected chi connectivity index (χ0v) is 11.4. The molecule has 1 aliphatic carbocycles. The van der Waals surface area contributed by atoms with Crippen LogP contribution in [0.3, 0.4) is 0 Å². The molecule has 0 spiro atoms. The molecule has 3 N–H and O–H groups in total. The summed E-state index contributed by atoms with van der Waals surface area (Å²) in [4.78, 5) is 22.7. The van der Waals surface area contributed by atoms with Crippen molar-refractivity contribution in [3.05, 3.63) is 12.7 Å². The lowest BCUT2D eigenvalue weighted by atomic mass is 9.97. The van der Waals surface area contributed by atoms with Crippen molar-refractivity contribution >= 4 is 12.0 Å². The Kier molecular flexibility index (Phi) is 7.00. The van der Waals surface area contributed by atoms with E-state index in [1.807, 2.05) is 0 Å². The van der Waals surface area contributed by atoms with E-state index in [0.29, 0.717) is 0 Å². The Bertz CT molecular complexity index is 310. The molecule has 1 rings (SSSR count). The van der Waals surface area contributed by atoms with Gasteiger partial charge in [0, 0.05) is 6.04 Å². The average molecular weight is 268 g/mol. The average Bonchev–Trinajstić information content (AvgIpc) is 2.31. The third-order valence-electron chi connectivity index (χ3n) is 3.45. The Labute approximate surface area is 114 Å². The van der Waals surface area contributed by atoms with Crippen LogP contribution in [-0.4, -0.2) is 29.2 Å². The molecular weight excluding hydrogens is 244 g/mol. The van der Waals surface area contributed by atoms with E-state index in [1.165, 1.54) is 25.3 Å². The second-order valence-corrected chi connectivity index (χ2v) is 5.08. The topological polar surface area (TPSA) is 78.4 Å². The van der Waals surface area contributed by atoms with Crippen LogP contribution in [0.5, 0.6) is 0 Å². The van der Waals surface area contributed by atoms with Gasteiger partial charge in [-0.15, -0.1) is 6.58 Å². The van der Waals surface area contributed by atoms with Gasteiger partial charge in [-0.3, -0.25) is 0 Å². The normalized spacial score (nSPS) is 18.7. The Morgan fingerprint density at radius 1 is 1.21 bits per heavy atom. The van der Waals surface area contributed by atoms with Crippen LogP contribution < -0.4 is 10.6 Å². The summed E-state index contributed by atoms with van der Waals surface area (Å²) in [7, 11) is 0. The van der Waals surface area contributed by atoms with Gasteiger partial charge in [0.1, 0.15) is 6.04 Å². The highest BCUT2D eigenvalue weighted by atomic mass is 16.4. The fourth-order valence-corrected chi connectivity index (χ4v) is 2.37. The van der Waals surface area contributed by atoms with Crippen molar-refractivity contribution in [3.63, 3.8) is 0 Å². The molecule has 19 heavy (non-hydrogen) atoms. The summed E-state index contributed by atoms with van der Waals surface area (Å²) >= 11 is 0. The minimum atomic E-state index is -1.03. The van der Waals surface area contributed by atoms with Crippen LogP contribution in [0.25, 0.3) is 0 Å². The van der Waals surface area contributed by atoms with Crippen LogP contribution in [0.4, 0.5) is 4.79 Å². The Balaban J connectivity index is 2.39. The molecule has 1 fully saturated rings. The zero-order valence-electron chi connectivity index (χ0n) is 11.4. The van der Waals surface area contributed by atoms with Crippen LogP contribution in [0.1, 0.15) is 51.4 Å². The molecule has 1 unspecified atom stereocenters. The molecule has 0 aromatic carbocycles. The number of urea groups is 1. The highest BCUT2D eigenvalue weighted by Crippen LogP contribution is 2.16. The molecule has 1 saturated carbocycles. The van der Waals surface area contributed by atoms with Gasteiger partial charge in [0.05, 0.1) is 0 Å². The largest absolute Gasteiger partial charge is 0.480 e. The van der Waals surface area contributed by atoms with E-state index in [4.69, 9.17) is 5.11 Å². The van der Waals surface area contributed by atoms with Gasteiger partial charge in [0.2, 0.25) is 0 Å². The predicted molar refractivity (Wildman–Crippen MR) is 74.0 cm³/mol. The molecule has 0 heterocycles. The van der Waals surface area contributed by atoms with Crippen LogP contribution in [-0.2, 0) is 4.79 Å². The van der Waals surface area contributed by atoms with Crippen LogP contribution >= 0.6 is 0 Å². The van der Waals surface area contributed by atoms with Crippen LogP contribution in [0, 0.1) is 0 Å². The van der Waals surface area contributed by atoms with Crippen molar-refractivity contribution < 1.29 is 14.7 Å². The summed E-state index contributed by atoms with van der Waals surface area (Å²) in [5.41, 5.74) is 0. The van der Waals surface area contributed by atoms with E-state index in [0.717, 1.165) is 25.7 Å². The molecule has 2 amide bonds. The fourth-order valence-electron chi connectivity index (χ4n) is 2.37. The smallest absolute Gasteiger partial charge is 0.326 e. The summed E-state index contributed by atoms with van der Waals surface area (Å²) in [6.07, 6.45) is 9.64. The van der Waals surface area contributed by atoms with Crippen molar-refractivity contribution in [3.8, 4) is 0 Å². The number of carbonyl (C=O) groups is 2. The Morgan fingerprint density at radius 2 is 1.79 bits per heavy atom. The number of aliphatic carboxylic acids is 1. The molecule has 0 saturated heterocycles. The van der Waals surface area contributed by atoms with E-state index in [2.05, 4.69) is 17.2 Å². The van der Waals surface area contributed by atoms with Crippen molar-refractivity contribution in [2.45, 2.75) is 63.5 Å². The highest BCUT2D eigenvalue weighted by Gasteiger charge is 2.20. The summed E-state index contributed by atoms with van der Waals surface area (Å²) in [6, 6.07) is -1.12. The van der Waals surface area contributed by atoms with E-state index >= 15 is 0 Å². The van der Waals surface area contributed by atoms with Gasteiger partial charge in [0.15, 0.2) is 0 Å². The van der Waals surface area contributed by atoms with Crippen molar-refractivity contribution in [2.75, 3.05) is 0 Å². The SMILES string of the molecule is C=CCC(NC(=O)NC1CCCCCCC1)C(=O)O. The maximum Gasteiger partial charge on any atom is 0.326 e. The predicted octanol–water partition coefficient (Wildman–Crippen LogP) is 2.43. The lowest BCUT2D eigenvalue weighted by Crippen LogP contribution is -2.49. The first-order valence-corrected chi connectivity index (χ1v) is 7.04. The quantitative estimate of drug-likeness (QED) is 0.670. The Morgan fingerprint density at radius 3 is 2.32 bits per heavy atom. The minimum Gasteiger partial charge on any atom is -0.480 e. The van der Waals surface area contributed by atoms with Gasteiger partial charge in [0.25, 0.3) is 0 Å². The summed E-state index contributed by atoms with van der Waals surface area (Å²) in [5, 5.41) is 14.3. The maximum absolute atomic E-state index is 11.8. The number of nitrogens with one attached hydrogen (secondary N) is 2. The first-order valence-electron chi connectivity index (χ1n) is 7.04. The lowest BCUT2D eigenvalue weighted by Gasteiger charge is -2.22. The third-order valence-corrected chi connectivity index (χ3v) is 3.45. The number of rotatable bonds is 5. The van der Waals surface area contributed by atoms with Gasteiger partial charge >= 0.3 is 12.0 Å². The van der Waals surface area contributed by atoms with Crippen molar-refractivity contribution in [1.29, 1.82) is 0 Å². The van der Waals surface area contributed by atoms with Gasteiger partial charge in [-0.25, -0.2) is 9.59 Å². The Hall–Kier alpha value is -1.52. The molecule has 5 nitrogen and oxygen atoms in total. The number of hydrogen-bond donors (Lipinski definition) is 3. The van der Waals surface area contributed by atoms with Gasteiger partial charge in [-0.1, -0.05) is 38.2 Å². The summed E-state index contributed by atoms with van der Waals surface area (Å²) < 4.78 is 0. The van der Waals surface area contributed by atoms with E-state index < -0.39 is 12.0 Å². The van der Waals surface area contributed by atoms with Crippen LogP contribution in [0.2, 0.25) is 0 Å². The molecule has 0 aromatic heterocycles. The number of amides is 2. The molecule has 1 atom stereocenters. The summed E-state index contributed by atoms with van der Waals surface area (Å²) in [5.74, 6) is -1.03. The van der Waals surface area contributed by atoms with Crippen LogP contribution in [0.15, 0.2) is 12.7 Å². The molecule has 5 heteroatoms. The van der Waals surface area contributed by atoms with E-state index in [-0.39, 0.29) is 18.5 Å². The number of carbonyl (C=O) groups excluding carboxylic acids is 1. The van der Waals surface area contributed by atoms with Gasteiger partial charge < -0.3 is 15.7 Å². The highest BCUT2D eigenvalue weighted by molar-refractivity contribution is 5.82. The number of carboxylic acids is 1. The van der Waals surface area contributed by atoms with Crippen molar-refractivity contribution in [1.82, 2.24) is 10.6 Å². The second-order valence-electron chi connectivity index (χ2n) is 5.08.